The number of hydrogen-bond acceptors (Lipinski definition) is 4. The van der Waals surface area contributed by atoms with Crippen molar-refractivity contribution < 1.29 is 19.1 Å². The van der Waals surface area contributed by atoms with Crippen molar-refractivity contribution in [1.29, 1.82) is 0 Å². The van der Waals surface area contributed by atoms with Gasteiger partial charge in [-0.15, -0.1) is 0 Å². The minimum atomic E-state index is -0.408. The summed E-state index contributed by atoms with van der Waals surface area (Å²) < 4.78 is 9.89. The summed E-state index contributed by atoms with van der Waals surface area (Å²) in [4.78, 5) is 27.9. The summed E-state index contributed by atoms with van der Waals surface area (Å²) in [6.07, 6.45) is 14.4. The van der Waals surface area contributed by atoms with E-state index in [4.69, 9.17) is 9.47 Å². The molecule has 1 fully saturated rings. The Labute approximate surface area is 129 Å². The Hall–Kier alpha value is -2.50. The van der Waals surface area contributed by atoms with Crippen LogP contribution in [0.3, 0.4) is 0 Å². The number of rotatable bonds is 0. The number of carbonyl (C=O) groups excluding carboxylic acids is 2. The summed E-state index contributed by atoms with van der Waals surface area (Å²) >= 11 is 0. The van der Waals surface area contributed by atoms with Gasteiger partial charge in [0, 0.05) is 0 Å². The quantitative estimate of drug-likeness (QED) is 0.685. The van der Waals surface area contributed by atoms with Gasteiger partial charge in [0.1, 0.15) is 0 Å². The molecule has 3 aliphatic rings. The molecular weight excluding hydrogens is 284 g/mol. The van der Waals surface area contributed by atoms with Gasteiger partial charge in [0.2, 0.25) is 0 Å². The molecule has 6 heteroatoms. The van der Waals surface area contributed by atoms with Gasteiger partial charge in [0.15, 0.2) is 0 Å². The molecule has 6 nitrogen and oxygen atoms in total. The highest BCUT2D eigenvalue weighted by Gasteiger charge is 2.49. The number of carbonyl (C=O) groups is 2. The van der Waals surface area contributed by atoms with E-state index in [9.17, 15) is 9.59 Å². The van der Waals surface area contributed by atoms with Gasteiger partial charge >= 0.3 is 12.2 Å². The largest absolute Gasteiger partial charge is 0.453 e. The van der Waals surface area contributed by atoms with Crippen LogP contribution in [0.4, 0.5) is 9.59 Å². The van der Waals surface area contributed by atoms with Crippen molar-refractivity contribution in [2.75, 3.05) is 14.2 Å². The Bertz CT molecular complexity index is 505. The van der Waals surface area contributed by atoms with Crippen LogP contribution in [0.2, 0.25) is 0 Å². The second-order valence-electron chi connectivity index (χ2n) is 5.26. The summed E-state index contributed by atoms with van der Waals surface area (Å²) in [6, 6.07) is -1.23. The van der Waals surface area contributed by atoms with E-state index in [0.717, 1.165) is 0 Å². The predicted octanol–water partition coefficient (Wildman–Crippen LogP) is 1.86. The number of fused-ring (bicyclic) bond motifs is 6. The molecule has 0 unspecified atom stereocenters. The third kappa shape index (κ3) is 2.11. The molecule has 0 aromatic rings. The first kappa shape index (κ1) is 14.4. The van der Waals surface area contributed by atoms with Crippen molar-refractivity contribution in [3.63, 3.8) is 0 Å². The van der Waals surface area contributed by atoms with Crippen LogP contribution in [0.25, 0.3) is 0 Å². The summed E-state index contributed by atoms with van der Waals surface area (Å²) in [5.41, 5.74) is 0. The van der Waals surface area contributed by atoms with E-state index in [1.807, 2.05) is 48.6 Å². The predicted molar refractivity (Wildman–Crippen MR) is 80.2 cm³/mol. The molecule has 4 atom stereocenters. The molecule has 0 aliphatic carbocycles. The molecule has 116 valence electrons. The molecule has 0 radical (unpaired) electrons. The fraction of sp³-hybridized carbons (Fsp3) is 0.375. The van der Waals surface area contributed by atoms with Crippen molar-refractivity contribution in [3.8, 4) is 0 Å². The molecule has 4 bridgehead atoms. The number of methoxy groups -OCH3 is 2. The number of ether oxygens (including phenoxy) is 2. The van der Waals surface area contributed by atoms with E-state index in [1.165, 1.54) is 14.2 Å². The van der Waals surface area contributed by atoms with Gasteiger partial charge in [-0.1, -0.05) is 48.6 Å². The van der Waals surface area contributed by atoms with Crippen LogP contribution in [-0.2, 0) is 9.47 Å². The molecule has 1 saturated heterocycles. The van der Waals surface area contributed by atoms with Crippen molar-refractivity contribution in [1.82, 2.24) is 9.80 Å². The van der Waals surface area contributed by atoms with Crippen molar-refractivity contribution >= 4 is 12.2 Å². The lowest BCUT2D eigenvalue weighted by Gasteiger charge is -2.50. The van der Waals surface area contributed by atoms with Crippen LogP contribution < -0.4 is 0 Å². The Morgan fingerprint density at radius 1 is 0.682 bits per heavy atom. The lowest BCUT2D eigenvalue weighted by atomic mass is 9.93. The minimum absolute atomic E-state index is 0.307. The maximum absolute atomic E-state index is 12.3. The van der Waals surface area contributed by atoms with Gasteiger partial charge in [-0.05, 0) is 0 Å². The number of hydrogen-bond donors (Lipinski definition) is 0. The molecule has 3 rings (SSSR count). The lowest BCUT2D eigenvalue weighted by Crippen LogP contribution is -2.68. The molecule has 2 amide bonds. The highest BCUT2D eigenvalue weighted by Crippen LogP contribution is 2.34. The summed E-state index contributed by atoms with van der Waals surface area (Å²) in [6.45, 7) is 0. The zero-order chi connectivity index (χ0) is 15.7. The van der Waals surface area contributed by atoms with Crippen molar-refractivity contribution in [3.05, 3.63) is 48.6 Å². The topological polar surface area (TPSA) is 59.1 Å². The third-order valence-electron chi connectivity index (χ3n) is 4.21. The van der Waals surface area contributed by atoms with Crippen LogP contribution in [-0.4, -0.2) is 60.4 Å². The van der Waals surface area contributed by atoms with Gasteiger partial charge in [0.05, 0.1) is 38.4 Å². The molecule has 0 aromatic carbocycles. The number of amides is 2. The Morgan fingerprint density at radius 3 is 1.18 bits per heavy atom. The summed E-state index contributed by atoms with van der Waals surface area (Å²) in [5.74, 6) is 0. The highest BCUT2D eigenvalue weighted by molar-refractivity contribution is 5.74. The van der Waals surface area contributed by atoms with Gasteiger partial charge in [-0.3, -0.25) is 9.80 Å². The van der Waals surface area contributed by atoms with Crippen molar-refractivity contribution in [2.24, 2.45) is 0 Å². The van der Waals surface area contributed by atoms with E-state index in [2.05, 4.69) is 0 Å². The maximum atomic E-state index is 12.3. The number of piperazine rings is 1. The Balaban J connectivity index is 2.12. The van der Waals surface area contributed by atoms with Crippen LogP contribution in [0, 0.1) is 0 Å². The first-order valence-electron chi connectivity index (χ1n) is 7.11. The molecule has 0 spiro atoms. The molecule has 22 heavy (non-hydrogen) atoms. The van der Waals surface area contributed by atoms with Crippen LogP contribution in [0.15, 0.2) is 48.6 Å². The summed E-state index contributed by atoms with van der Waals surface area (Å²) in [7, 11) is 2.73. The monoisotopic (exact) mass is 302 g/mol. The fourth-order valence-electron chi connectivity index (χ4n) is 3.29. The first-order valence-corrected chi connectivity index (χ1v) is 7.11. The number of allylic oxidation sites excluding steroid dienone is 4. The molecule has 0 saturated carbocycles. The molecule has 3 aliphatic heterocycles. The highest BCUT2D eigenvalue weighted by atomic mass is 16.5. The maximum Gasteiger partial charge on any atom is 0.410 e. The lowest BCUT2D eigenvalue weighted by molar-refractivity contribution is 0.00689. The van der Waals surface area contributed by atoms with E-state index in [1.54, 1.807) is 9.80 Å². The van der Waals surface area contributed by atoms with E-state index in [-0.39, 0.29) is 24.2 Å². The van der Waals surface area contributed by atoms with Crippen molar-refractivity contribution in [2.45, 2.75) is 24.2 Å². The molecule has 0 aromatic heterocycles. The smallest absolute Gasteiger partial charge is 0.410 e. The van der Waals surface area contributed by atoms with E-state index >= 15 is 0 Å². The minimum Gasteiger partial charge on any atom is -0.453 e. The average molecular weight is 302 g/mol. The SMILES string of the molecule is COC(=O)N1[C@H]2C=CC=C[C@H]1[C@@H]1C=CC=C[C@@H]2N1C(=O)OC. The van der Waals surface area contributed by atoms with Crippen LogP contribution in [0.5, 0.6) is 0 Å². The molecule has 0 N–H and O–H groups in total. The van der Waals surface area contributed by atoms with Gasteiger partial charge in [-0.2, -0.15) is 0 Å². The number of nitrogens with zero attached hydrogens (tertiary/aromatic N) is 2. The zero-order valence-electron chi connectivity index (χ0n) is 12.5. The van der Waals surface area contributed by atoms with E-state index in [0.29, 0.717) is 0 Å². The van der Waals surface area contributed by atoms with Gasteiger partial charge < -0.3 is 9.47 Å². The zero-order valence-corrected chi connectivity index (χ0v) is 12.5. The summed E-state index contributed by atoms with van der Waals surface area (Å²) in [5, 5.41) is 0. The molecule has 3 heterocycles. The second-order valence-corrected chi connectivity index (χ2v) is 5.26. The Kier molecular flexibility index (Phi) is 3.75. The fourth-order valence-corrected chi connectivity index (χ4v) is 3.29. The van der Waals surface area contributed by atoms with Gasteiger partial charge in [-0.25, -0.2) is 9.59 Å². The van der Waals surface area contributed by atoms with Crippen LogP contribution >= 0.6 is 0 Å². The first-order chi connectivity index (χ1) is 10.7. The van der Waals surface area contributed by atoms with Crippen LogP contribution in [0.1, 0.15) is 0 Å². The standard InChI is InChI=1S/C16H18N2O4/c1-21-15(19)17-11-7-3-4-8-12(17)14-10-6-5-9-13(11)18(14)16(20)22-2/h3-14H,1-2H3/t11-,12-,13-,14-/m0/s1. The van der Waals surface area contributed by atoms with Gasteiger partial charge in [0.25, 0.3) is 0 Å². The third-order valence-corrected chi connectivity index (χ3v) is 4.21. The van der Waals surface area contributed by atoms with E-state index < -0.39 is 12.2 Å². The Morgan fingerprint density at radius 2 is 0.955 bits per heavy atom. The normalized spacial score (nSPS) is 31.5. The second kappa shape index (κ2) is 5.71. The molecular formula is C16H18N2O4. The average Bonchev–Trinajstić information content (AvgIpc) is 2.82.